The van der Waals surface area contributed by atoms with Gasteiger partial charge in [-0.2, -0.15) is 0 Å². The van der Waals surface area contributed by atoms with Gasteiger partial charge in [0.25, 0.3) is 0 Å². The molecule has 0 aliphatic carbocycles. The number of hydrogen-bond acceptors (Lipinski definition) is 1. The quantitative estimate of drug-likeness (QED) is 0.825. The van der Waals surface area contributed by atoms with Crippen LogP contribution < -0.4 is 5.32 Å². The van der Waals surface area contributed by atoms with Crippen LogP contribution in [0.1, 0.15) is 34.9 Å². The lowest BCUT2D eigenvalue weighted by Gasteiger charge is -2.33. The second-order valence-electron chi connectivity index (χ2n) is 5.77. The van der Waals surface area contributed by atoms with Crippen molar-refractivity contribution in [3.63, 3.8) is 0 Å². The molecule has 1 saturated heterocycles. The van der Waals surface area contributed by atoms with Crippen LogP contribution in [0, 0.1) is 12.7 Å². The molecule has 0 aromatic heterocycles. The first-order valence-electron chi connectivity index (χ1n) is 7.37. The molecule has 1 nitrogen and oxygen atoms in total. The number of benzene rings is 2. The number of halogens is 2. The van der Waals surface area contributed by atoms with Crippen molar-refractivity contribution in [2.45, 2.75) is 25.2 Å². The van der Waals surface area contributed by atoms with E-state index in [0.717, 1.165) is 29.5 Å². The Kier molecular flexibility index (Phi) is 4.41. The molecule has 1 aliphatic rings. The summed E-state index contributed by atoms with van der Waals surface area (Å²) < 4.78 is 15.0. The smallest absolute Gasteiger partial charge is 0.126 e. The van der Waals surface area contributed by atoms with E-state index in [2.05, 4.69) is 51.6 Å². The molecule has 0 saturated carbocycles. The summed E-state index contributed by atoms with van der Waals surface area (Å²) in [4.78, 5) is 0. The van der Waals surface area contributed by atoms with E-state index in [1.54, 1.807) is 6.07 Å². The number of aryl methyl sites for hydroxylation is 1. The van der Waals surface area contributed by atoms with Crippen molar-refractivity contribution in [3.05, 3.63) is 69.4 Å². The highest BCUT2D eigenvalue weighted by molar-refractivity contribution is 9.10. The molecule has 2 aromatic carbocycles. The lowest BCUT2D eigenvalue weighted by atomic mass is 9.77. The average molecular weight is 348 g/mol. The summed E-state index contributed by atoms with van der Waals surface area (Å²) in [6.07, 6.45) is 1.04. The lowest BCUT2D eigenvalue weighted by Crippen LogP contribution is -2.34. The number of hydrogen-bond donors (Lipinski definition) is 1. The summed E-state index contributed by atoms with van der Waals surface area (Å²) in [6.45, 7) is 3.75. The fourth-order valence-electron chi connectivity index (χ4n) is 3.16. The van der Waals surface area contributed by atoms with Crippen LogP contribution >= 0.6 is 15.9 Å². The van der Waals surface area contributed by atoms with Gasteiger partial charge in [0.2, 0.25) is 0 Å². The highest BCUT2D eigenvalue weighted by Crippen LogP contribution is 2.38. The van der Waals surface area contributed by atoms with Gasteiger partial charge in [0.15, 0.2) is 0 Å². The van der Waals surface area contributed by atoms with Crippen LogP contribution in [-0.4, -0.2) is 13.1 Å². The van der Waals surface area contributed by atoms with Crippen LogP contribution in [0.25, 0.3) is 0 Å². The van der Waals surface area contributed by atoms with Gasteiger partial charge >= 0.3 is 0 Å². The Balaban J connectivity index is 1.94. The fraction of sp³-hybridized carbons (Fsp3) is 0.333. The number of piperidine rings is 1. The summed E-state index contributed by atoms with van der Waals surface area (Å²) in [7, 11) is 0. The van der Waals surface area contributed by atoms with E-state index < -0.39 is 0 Å². The highest BCUT2D eigenvalue weighted by Gasteiger charge is 2.28. The molecule has 3 heteroatoms. The Morgan fingerprint density at radius 2 is 1.76 bits per heavy atom. The zero-order valence-corrected chi connectivity index (χ0v) is 13.7. The first-order chi connectivity index (χ1) is 10.1. The van der Waals surface area contributed by atoms with Gasteiger partial charge in [-0.3, -0.25) is 0 Å². The molecule has 21 heavy (non-hydrogen) atoms. The van der Waals surface area contributed by atoms with Gasteiger partial charge in [-0.25, -0.2) is 4.39 Å². The first-order valence-corrected chi connectivity index (χ1v) is 8.16. The minimum atomic E-state index is -0.0967. The van der Waals surface area contributed by atoms with E-state index >= 15 is 0 Å². The Morgan fingerprint density at radius 1 is 1.05 bits per heavy atom. The molecule has 2 unspecified atom stereocenters. The SMILES string of the molecule is Cc1ccc(C2CCNCC2c2ccc(Br)cc2)cc1F. The summed E-state index contributed by atoms with van der Waals surface area (Å²) in [5, 5.41) is 3.47. The monoisotopic (exact) mass is 347 g/mol. The lowest BCUT2D eigenvalue weighted by molar-refractivity contribution is 0.403. The standard InChI is InChI=1S/C18H19BrFN/c1-12-2-3-14(10-18(12)20)16-8-9-21-11-17(16)13-4-6-15(19)7-5-13/h2-7,10,16-17,21H,8-9,11H2,1H3. The van der Waals surface area contributed by atoms with Crippen molar-refractivity contribution >= 4 is 15.9 Å². The number of nitrogens with one attached hydrogen (secondary N) is 1. The summed E-state index contributed by atoms with van der Waals surface area (Å²) in [6, 6.07) is 14.2. The van der Waals surface area contributed by atoms with Crippen molar-refractivity contribution in [3.8, 4) is 0 Å². The zero-order chi connectivity index (χ0) is 14.8. The minimum absolute atomic E-state index is 0.0967. The molecule has 0 spiro atoms. The van der Waals surface area contributed by atoms with Crippen LogP contribution in [0.3, 0.4) is 0 Å². The molecule has 1 heterocycles. The summed E-state index contributed by atoms with van der Waals surface area (Å²) in [5.74, 6) is 0.678. The largest absolute Gasteiger partial charge is 0.316 e. The van der Waals surface area contributed by atoms with Gasteiger partial charge in [0.1, 0.15) is 5.82 Å². The zero-order valence-electron chi connectivity index (χ0n) is 12.1. The molecular formula is C18H19BrFN. The molecular weight excluding hydrogens is 329 g/mol. The Labute approximate surface area is 133 Å². The topological polar surface area (TPSA) is 12.0 Å². The second-order valence-corrected chi connectivity index (χ2v) is 6.68. The van der Waals surface area contributed by atoms with Crippen molar-refractivity contribution in [2.24, 2.45) is 0 Å². The molecule has 2 atom stereocenters. The summed E-state index contributed by atoms with van der Waals surface area (Å²) >= 11 is 3.48. The predicted molar refractivity (Wildman–Crippen MR) is 88.2 cm³/mol. The van der Waals surface area contributed by atoms with Gasteiger partial charge < -0.3 is 5.32 Å². The maximum Gasteiger partial charge on any atom is 0.126 e. The van der Waals surface area contributed by atoms with Gasteiger partial charge in [0.05, 0.1) is 0 Å². The summed E-state index contributed by atoms with van der Waals surface area (Å²) in [5.41, 5.74) is 3.15. The van der Waals surface area contributed by atoms with E-state index in [1.807, 2.05) is 13.0 Å². The third-order valence-corrected chi connectivity index (χ3v) is 4.93. The van der Waals surface area contributed by atoms with Gasteiger partial charge in [-0.15, -0.1) is 0 Å². The van der Waals surface area contributed by atoms with Gasteiger partial charge in [-0.05, 0) is 60.7 Å². The normalized spacial score (nSPS) is 22.2. The van der Waals surface area contributed by atoms with Crippen molar-refractivity contribution in [1.82, 2.24) is 5.32 Å². The maximum atomic E-state index is 13.9. The van der Waals surface area contributed by atoms with Crippen LogP contribution in [0.4, 0.5) is 4.39 Å². The third kappa shape index (κ3) is 3.19. The maximum absolute atomic E-state index is 13.9. The molecule has 0 bridgehead atoms. The molecule has 110 valence electrons. The average Bonchev–Trinajstić information content (AvgIpc) is 2.51. The van der Waals surface area contributed by atoms with Crippen molar-refractivity contribution in [1.29, 1.82) is 0 Å². The predicted octanol–water partition coefficient (Wildman–Crippen LogP) is 4.76. The third-order valence-electron chi connectivity index (χ3n) is 4.40. The molecule has 1 aliphatic heterocycles. The van der Waals surface area contributed by atoms with E-state index in [4.69, 9.17) is 0 Å². The highest BCUT2D eigenvalue weighted by atomic mass is 79.9. The molecule has 0 radical (unpaired) electrons. The number of rotatable bonds is 2. The van der Waals surface area contributed by atoms with Crippen LogP contribution in [0.2, 0.25) is 0 Å². The molecule has 0 amide bonds. The molecule has 2 aromatic rings. The second kappa shape index (κ2) is 6.29. The van der Waals surface area contributed by atoms with Gasteiger partial charge in [0, 0.05) is 16.9 Å². The Bertz CT molecular complexity index is 624. The fourth-order valence-corrected chi connectivity index (χ4v) is 3.42. The van der Waals surface area contributed by atoms with E-state index in [0.29, 0.717) is 17.4 Å². The Morgan fingerprint density at radius 3 is 2.48 bits per heavy atom. The van der Waals surface area contributed by atoms with E-state index in [-0.39, 0.29) is 5.82 Å². The first kappa shape index (κ1) is 14.7. The van der Waals surface area contributed by atoms with E-state index in [1.165, 1.54) is 5.56 Å². The van der Waals surface area contributed by atoms with Crippen molar-refractivity contribution < 1.29 is 4.39 Å². The van der Waals surface area contributed by atoms with E-state index in [9.17, 15) is 4.39 Å². The Hall–Kier alpha value is -1.19. The van der Waals surface area contributed by atoms with Crippen LogP contribution in [0.15, 0.2) is 46.9 Å². The minimum Gasteiger partial charge on any atom is -0.316 e. The van der Waals surface area contributed by atoms with Crippen LogP contribution in [-0.2, 0) is 0 Å². The van der Waals surface area contributed by atoms with Crippen molar-refractivity contribution in [2.75, 3.05) is 13.1 Å². The molecule has 1 fully saturated rings. The van der Waals surface area contributed by atoms with Gasteiger partial charge in [-0.1, -0.05) is 40.2 Å². The molecule has 3 rings (SSSR count). The van der Waals surface area contributed by atoms with Crippen LogP contribution in [0.5, 0.6) is 0 Å². The molecule has 1 N–H and O–H groups in total.